The lowest BCUT2D eigenvalue weighted by Gasteiger charge is -2.10. The highest BCUT2D eigenvalue weighted by molar-refractivity contribution is 6.04. The number of carbonyl (C=O) groups is 1. The van der Waals surface area contributed by atoms with Crippen LogP contribution in [-0.4, -0.2) is 25.7 Å². The fourth-order valence-electron chi connectivity index (χ4n) is 2.60. The summed E-state index contributed by atoms with van der Waals surface area (Å²) in [6.45, 7) is 3.61. The van der Waals surface area contributed by atoms with Gasteiger partial charge in [-0.25, -0.2) is 0 Å². The molecule has 0 aliphatic heterocycles. The zero-order valence-corrected chi connectivity index (χ0v) is 16.5. The molecule has 0 saturated carbocycles. The van der Waals surface area contributed by atoms with Gasteiger partial charge in [-0.1, -0.05) is 25.1 Å². The van der Waals surface area contributed by atoms with E-state index in [-0.39, 0.29) is 5.91 Å². The van der Waals surface area contributed by atoms with Crippen molar-refractivity contribution >= 4 is 11.6 Å². The van der Waals surface area contributed by atoms with Crippen LogP contribution in [0.25, 0.3) is 0 Å². The average molecular weight is 391 g/mol. The van der Waals surface area contributed by atoms with Crippen LogP contribution in [0, 0.1) is 0 Å². The maximum atomic E-state index is 12.4. The van der Waals surface area contributed by atoms with Gasteiger partial charge in [-0.3, -0.25) is 4.79 Å². The molecule has 3 rings (SSSR count). The molecule has 0 aliphatic carbocycles. The Bertz CT molecular complexity index is 877. The van der Waals surface area contributed by atoms with Crippen LogP contribution < -0.4 is 19.5 Å². The summed E-state index contributed by atoms with van der Waals surface area (Å²) in [6.07, 6.45) is 0.946. The van der Waals surface area contributed by atoms with Gasteiger partial charge in [0, 0.05) is 11.3 Å². The van der Waals surface area contributed by atoms with Gasteiger partial charge in [0.05, 0.1) is 6.61 Å². The second-order valence-corrected chi connectivity index (χ2v) is 6.36. The van der Waals surface area contributed by atoms with Gasteiger partial charge in [0.15, 0.2) is 0 Å². The van der Waals surface area contributed by atoms with Gasteiger partial charge in [0.2, 0.25) is 0 Å². The maximum absolute atomic E-state index is 12.4. The molecule has 0 heterocycles. The number of nitrogens with one attached hydrogen (secondary N) is 1. The number of ether oxygens (including phenoxy) is 3. The van der Waals surface area contributed by atoms with Crippen LogP contribution in [0.15, 0.2) is 78.9 Å². The van der Waals surface area contributed by atoms with Crippen molar-refractivity contribution in [2.24, 2.45) is 0 Å². The second-order valence-electron chi connectivity index (χ2n) is 6.36. The minimum Gasteiger partial charge on any atom is -0.494 e. The topological polar surface area (TPSA) is 56.8 Å². The first-order valence-electron chi connectivity index (χ1n) is 9.69. The van der Waals surface area contributed by atoms with Crippen LogP contribution in [0.5, 0.6) is 17.2 Å². The Balaban J connectivity index is 1.44. The molecule has 150 valence electrons. The van der Waals surface area contributed by atoms with E-state index in [9.17, 15) is 4.79 Å². The molecule has 0 spiro atoms. The molecule has 29 heavy (non-hydrogen) atoms. The number of anilines is 1. The van der Waals surface area contributed by atoms with E-state index >= 15 is 0 Å². The van der Waals surface area contributed by atoms with Crippen molar-refractivity contribution in [2.75, 3.05) is 25.1 Å². The number of para-hydroxylation sites is 1. The van der Waals surface area contributed by atoms with Crippen LogP contribution in [-0.2, 0) is 0 Å². The van der Waals surface area contributed by atoms with Crippen LogP contribution in [0.2, 0.25) is 0 Å². The van der Waals surface area contributed by atoms with Gasteiger partial charge in [-0.15, -0.1) is 0 Å². The van der Waals surface area contributed by atoms with Crippen molar-refractivity contribution in [3.63, 3.8) is 0 Å². The molecular weight excluding hydrogens is 366 g/mol. The monoisotopic (exact) mass is 391 g/mol. The van der Waals surface area contributed by atoms with Crippen molar-refractivity contribution < 1.29 is 19.0 Å². The fourth-order valence-corrected chi connectivity index (χ4v) is 2.60. The fraction of sp³-hybridized carbons (Fsp3) is 0.208. The molecule has 5 nitrogen and oxygen atoms in total. The summed E-state index contributed by atoms with van der Waals surface area (Å²) in [5.74, 6) is 2.13. The highest BCUT2D eigenvalue weighted by Crippen LogP contribution is 2.18. The molecular formula is C24H25NO4. The molecule has 0 aliphatic rings. The SMILES string of the molecule is CCCOc1ccc(C(=O)Nc2ccc(OCCOc3ccccc3)cc2)cc1. The Hall–Kier alpha value is -3.47. The second kappa shape index (κ2) is 10.8. The Morgan fingerprint density at radius 1 is 0.690 bits per heavy atom. The summed E-state index contributed by atoms with van der Waals surface area (Å²) in [6, 6.07) is 24.0. The third kappa shape index (κ3) is 6.57. The predicted molar refractivity (Wildman–Crippen MR) is 114 cm³/mol. The third-order valence-corrected chi connectivity index (χ3v) is 4.07. The quantitative estimate of drug-likeness (QED) is 0.484. The third-order valence-electron chi connectivity index (χ3n) is 4.07. The molecule has 0 unspecified atom stereocenters. The first-order chi connectivity index (χ1) is 14.2. The number of carbonyl (C=O) groups excluding carboxylic acids is 1. The van der Waals surface area contributed by atoms with Crippen molar-refractivity contribution in [3.8, 4) is 17.2 Å². The largest absolute Gasteiger partial charge is 0.494 e. The lowest BCUT2D eigenvalue weighted by atomic mass is 10.2. The molecule has 0 aromatic heterocycles. The van der Waals surface area contributed by atoms with E-state index in [1.54, 1.807) is 24.3 Å². The van der Waals surface area contributed by atoms with E-state index in [1.165, 1.54) is 0 Å². The van der Waals surface area contributed by atoms with Gasteiger partial charge >= 0.3 is 0 Å². The van der Waals surface area contributed by atoms with Gasteiger partial charge in [-0.2, -0.15) is 0 Å². The van der Waals surface area contributed by atoms with Gasteiger partial charge < -0.3 is 19.5 Å². The van der Waals surface area contributed by atoms with Gasteiger partial charge in [-0.05, 0) is 67.1 Å². The molecule has 5 heteroatoms. The molecule has 1 N–H and O–H groups in total. The van der Waals surface area contributed by atoms with E-state index in [0.29, 0.717) is 31.1 Å². The smallest absolute Gasteiger partial charge is 0.255 e. The van der Waals surface area contributed by atoms with Crippen LogP contribution in [0.3, 0.4) is 0 Å². The predicted octanol–water partition coefficient (Wildman–Crippen LogP) is 5.19. The molecule has 0 saturated heterocycles. The number of rotatable bonds is 10. The first-order valence-corrected chi connectivity index (χ1v) is 9.69. The highest BCUT2D eigenvalue weighted by atomic mass is 16.5. The molecule has 3 aromatic carbocycles. The van der Waals surface area contributed by atoms with E-state index in [1.807, 2.05) is 54.6 Å². The summed E-state index contributed by atoms with van der Waals surface area (Å²) >= 11 is 0. The number of benzene rings is 3. The molecule has 0 bridgehead atoms. The zero-order valence-electron chi connectivity index (χ0n) is 16.5. The van der Waals surface area contributed by atoms with E-state index in [0.717, 1.165) is 23.7 Å². The van der Waals surface area contributed by atoms with E-state index in [4.69, 9.17) is 14.2 Å². The zero-order chi connectivity index (χ0) is 20.3. The minimum atomic E-state index is -0.169. The summed E-state index contributed by atoms with van der Waals surface area (Å²) < 4.78 is 16.8. The molecule has 0 radical (unpaired) electrons. The number of hydrogen-bond donors (Lipinski definition) is 1. The highest BCUT2D eigenvalue weighted by Gasteiger charge is 2.06. The first kappa shape index (κ1) is 20.3. The standard InChI is InChI=1S/C24H25NO4/c1-2-16-27-22-12-8-19(9-13-22)24(26)25-20-10-14-23(15-11-20)29-18-17-28-21-6-4-3-5-7-21/h3-15H,2,16-18H2,1H3,(H,25,26). The van der Waals surface area contributed by atoms with Crippen LogP contribution >= 0.6 is 0 Å². The Morgan fingerprint density at radius 2 is 1.21 bits per heavy atom. The molecule has 0 atom stereocenters. The molecule has 0 fully saturated rings. The van der Waals surface area contributed by atoms with Crippen LogP contribution in [0.1, 0.15) is 23.7 Å². The minimum absolute atomic E-state index is 0.169. The lowest BCUT2D eigenvalue weighted by Crippen LogP contribution is -2.12. The Kier molecular flexibility index (Phi) is 7.52. The number of amides is 1. The normalized spacial score (nSPS) is 10.2. The van der Waals surface area contributed by atoms with E-state index in [2.05, 4.69) is 12.2 Å². The Labute approximate surface area is 171 Å². The average Bonchev–Trinajstić information content (AvgIpc) is 2.77. The summed E-state index contributed by atoms with van der Waals surface area (Å²) in [5.41, 5.74) is 1.28. The van der Waals surface area contributed by atoms with Crippen molar-refractivity contribution in [1.82, 2.24) is 0 Å². The van der Waals surface area contributed by atoms with Gasteiger partial charge in [0.1, 0.15) is 30.5 Å². The van der Waals surface area contributed by atoms with Crippen LogP contribution in [0.4, 0.5) is 5.69 Å². The summed E-state index contributed by atoms with van der Waals surface area (Å²) in [4.78, 5) is 12.4. The van der Waals surface area contributed by atoms with Gasteiger partial charge in [0.25, 0.3) is 5.91 Å². The molecule has 3 aromatic rings. The van der Waals surface area contributed by atoms with E-state index < -0.39 is 0 Å². The van der Waals surface area contributed by atoms with Crippen molar-refractivity contribution in [1.29, 1.82) is 0 Å². The van der Waals surface area contributed by atoms with Crippen molar-refractivity contribution in [3.05, 3.63) is 84.4 Å². The maximum Gasteiger partial charge on any atom is 0.255 e. The molecule has 1 amide bonds. The number of hydrogen-bond acceptors (Lipinski definition) is 4. The summed E-state index contributed by atoms with van der Waals surface area (Å²) in [7, 11) is 0. The Morgan fingerprint density at radius 3 is 1.79 bits per heavy atom. The lowest BCUT2D eigenvalue weighted by molar-refractivity contribution is 0.102. The summed E-state index contributed by atoms with van der Waals surface area (Å²) in [5, 5.41) is 2.88. The van der Waals surface area contributed by atoms with Crippen molar-refractivity contribution in [2.45, 2.75) is 13.3 Å².